The second kappa shape index (κ2) is 5.80. The van der Waals surface area contributed by atoms with Crippen molar-refractivity contribution in [2.75, 3.05) is 5.32 Å². The number of benzene rings is 1. The molecule has 0 radical (unpaired) electrons. The van der Waals surface area contributed by atoms with E-state index in [9.17, 15) is 5.26 Å². The minimum atomic E-state index is 0.398. The van der Waals surface area contributed by atoms with Gasteiger partial charge in [0.15, 0.2) is 5.82 Å². The Morgan fingerprint density at radius 3 is 2.43 bits per heavy atom. The topological polar surface area (TPSA) is 74.5 Å². The van der Waals surface area contributed by atoms with Crippen molar-refractivity contribution in [3.63, 3.8) is 0 Å². The van der Waals surface area contributed by atoms with Crippen LogP contribution in [-0.2, 0) is 0 Å². The molecule has 100 valence electrons. The fourth-order valence-electron chi connectivity index (χ4n) is 1.96. The largest absolute Gasteiger partial charge is 0.324 e. The Bertz CT molecular complexity index is 779. The lowest BCUT2D eigenvalue weighted by Crippen LogP contribution is -2.01. The predicted octanol–water partition coefficient (Wildman–Crippen LogP) is 3.15. The summed E-state index contributed by atoms with van der Waals surface area (Å²) in [5.41, 5.74) is 1.88. The smallest absolute Gasteiger partial charge is 0.153 e. The van der Waals surface area contributed by atoms with Gasteiger partial charge in [-0.15, -0.1) is 0 Å². The summed E-state index contributed by atoms with van der Waals surface area (Å²) >= 11 is 0. The second-order valence-corrected chi connectivity index (χ2v) is 4.26. The molecule has 3 aromatic rings. The molecule has 0 aliphatic heterocycles. The maximum absolute atomic E-state index is 9.45. The molecule has 1 N–H and O–H groups in total. The molecular formula is C16H11N5. The molecule has 0 fully saturated rings. The van der Waals surface area contributed by atoms with E-state index in [0.717, 1.165) is 5.56 Å². The van der Waals surface area contributed by atoms with E-state index in [-0.39, 0.29) is 0 Å². The van der Waals surface area contributed by atoms with Crippen LogP contribution in [0.15, 0.2) is 61.1 Å². The summed E-state index contributed by atoms with van der Waals surface area (Å²) < 4.78 is 0. The summed E-state index contributed by atoms with van der Waals surface area (Å²) in [6, 6.07) is 17.2. The minimum Gasteiger partial charge on any atom is -0.324 e. The molecule has 0 bridgehead atoms. The number of hydrogen-bond donors (Lipinski definition) is 1. The number of nitriles is 1. The van der Waals surface area contributed by atoms with Gasteiger partial charge in [-0.25, -0.2) is 15.0 Å². The lowest BCUT2D eigenvalue weighted by Gasteiger charge is -2.09. The maximum atomic E-state index is 9.45. The van der Waals surface area contributed by atoms with Crippen LogP contribution in [0, 0.1) is 11.3 Å². The van der Waals surface area contributed by atoms with Crippen LogP contribution in [0.1, 0.15) is 5.56 Å². The van der Waals surface area contributed by atoms with Gasteiger partial charge in [-0.1, -0.05) is 36.4 Å². The molecule has 3 rings (SSSR count). The van der Waals surface area contributed by atoms with Crippen LogP contribution < -0.4 is 5.32 Å². The average molecular weight is 273 g/mol. The number of nitrogens with zero attached hydrogens (tertiary/aromatic N) is 4. The van der Waals surface area contributed by atoms with Crippen LogP contribution in [0.3, 0.4) is 0 Å². The molecule has 0 spiro atoms. The summed E-state index contributed by atoms with van der Waals surface area (Å²) in [7, 11) is 0. The number of aromatic nitrogens is 3. The molecule has 0 atom stereocenters. The normalized spacial score (nSPS) is 9.86. The number of hydrogen-bond acceptors (Lipinski definition) is 5. The van der Waals surface area contributed by atoms with Gasteiger partial charge in [0, 0.05) is 11.8 Å². The van der Waals surface area contributed by atoms with Gasteiger partial charge >= 0.3 is 0 Å². The minimum absolute atomic E-state index is 0.398. The van der Waals surface area contributed by atoms with Crippen molar-refractivity contribution in [3.8, 4) is 17.3 Å². The quantitative estimate of drug-likeness (QED) is 0.793. The van der Waals surface area contributed by atoms with E-state index in [1.165, 1.54) is 6.33 Å². The molecule has 5 nitrogen and oxygen atoms in total. The van der Waals surface area contributed by atoms with E-state index < -0.39 is 0 Å². The van der Waals surface area contributed by atoms with Crippen molar-refractivity contribution in [1.82, 2.24) is 15.0 Å². The van der Waals surface area contributed by atoms with Crippen molar-refractivity contribution < 1.29 is 0 Å². The fourth-order valence-corrected chi connectivity index (χ4v) is 1.96. The molecule has 0 amide bonds. The molecule has 21 heavy (non-hydrogen) atoms. The Labute approximate surface area is 122 Å². The molecule has 0 unspecified atom stereocenters. The Morgan fingerprint density at radius 1 is 0.905 bits per heavy atom. The highest BCUT2D eigenvalue weighted by molar-refractivity contribution is 5.74. The van der Waals surface area contributed by atoms with Gasteiger partial charge in [-0.05, 0) is 12.1 Å². The first kappa shape index (κ1) is 12.8. The van der Waals surface area contributed by atoms with Crippen molar-refractivity contribution >= 4 is 11.6 Å². The van der Waals surface area contributed by atoms with Crippen LogP contribution in [0.2, 0.25) is 0 Å². The van der Waals surface area contributed by atoms with Gasteiger partial charge < -0.3 is 5.32 Å². The van der Waals surface area contributed by atoms with E-state index in [1.54, 1.807) is 6.20 Å². The maximum Gasteiger partial charge on any atom is 0.153 e. The lowest BCUT2D eigenvalue weighted by molar-refractivity contribution is 1.15. The first-order chi connectivity index (χ1) is 10.4. The van der Waals surface area contributed by atoms with Gasteiger partial charge in [0.25, 0.3) is 0 Å². The summed E-state index contributed by atoms with van der Waals surface area (Å²) in [6.07, 6.45) is 3.11. The van der Waals surface area contributed by atoms with Crippen LogP contribution in [0.5, 0.6) is 0 Å². The van der Waals surface area contributed by atoms with E-state index >= 15 is 0 Å². The molecule has 1 aromatic carbocycles. The standard InChI is InChI=1S/C16H11N5/c17-10-13-15(12-6-2-1-3-7-12)19-11-20-16(13)21-14-8-4-5-9-18-14/h1-9,11H,(H,18,19,20,21). The molecule has 2 aromatic heterocycles. The van der Waals surface area contributed by atoms with Gasteiger partial charge in [-0.2, -0.15) is 5.26 Å². The summed E-state index contributed by atoms with van der Waals surface area (Å²) in [6.45, 7) is 0. The number of rotatable bonds is 3. The SMILES string of the molecule is N#Cc1c(Nc2ccccn2)ncnc1-c1ccccc1. The fraction of sp³-hybridized carbons (Fsp3) is 0. The average Bonchev–Trinajstić information content (AvgIpc) is 2.56. The monoisotopic (exact) mass is 273 g/mol. The third-order valence-electron chi connectivity index (χ3n) is 2.92. The Kier molecular flexibility index (Phi) is 3.52. The van der Waals surface area contributed by atoms with Gasteiger partial charge in [-0.3, -0.25) is 0 Å². The number of nitrogens with one attached hydrogen (secondary N) is 1. The molecular weight excluding hydrogens is 262 g/mol. The Morgan fingerprint density at radius 2 is 1.71 bits per heavy atom. The van der Waals surface area contributed by atoms with E-state index in [2.05, 4.69) is 26.3 Å². The van der Waals surface area contributed by atoms with Gasteiger partial charge in [0.2, 0.25) is 0 Å². The van der Waals surface area contributed by atoms with Crippen molar-refractivity contribution in [3.05, 3.63) is 66.6 Å². The Balaban J connectivity index is 2.05. The number of anilines is 2. The zero-order valence-electron chi connectivity index (χ0n) is 11.1. The Hall–Kier alpha value is -3.26. The first-order valence-corrected chi connectivity index (χ1v) is 6.37. The van der Waals surface area contributed by atoms with Crippen LogP contribution in [0.4, 0.5) is 11.6 Å². The van der Waals surface area contributed by atoms with Crippen molar-refractivity contribution in [1.29, 1.82) is 5.26 Å². The highest BCUT2D eigenvalue weighted by Crippen LogP contribution is 2.26. The molecule has 0 aliphatic rings. The molecule has 2 heterocycles. The molecule has 5 heteroatoms. The van der Waals surface area contributed by atoms with Gasteiger partial charge in [0.05, 0.1) is 5.69 Å². The second-order valence-electron chi connectivity index (χ2n) is 4.26. The van der Waals surface area contributed by atoms with Gasteiger partial charge in [0.1, 0.15) is 23.8 Å². The van der Waals surface area contributed by atoms with Crippen LogP contribution >= 0.6 is 0 Å². The lowest BCUT2D eigenvalue weighted by atomic mass is 10.1. The van der Waals surface area contributed by atoms with E-state index in [0.29, 0.717) is 22.9 Å². The van der Waals surface area contributed by atoms with E-state index in [4.69, 9.17) is 0 Å². The summed E-state index contributed by atoms with van der Waals surface area (Å²) in [5.74, 6) is 1.08. The van der Waals surface area contributed by atoms with E-state index in [1.807, 2.05) is 48.5 Å². The summed E-state index contributed by atoms with van der Waals surface area (Å²) in [4.78, 5) is 12.5. The highest BCUT2D eigenvalue weighted by Gasteiger charge is 2.13. The molecule has 0 saturated heterocycles. The van der Waals surface area contributed by atoms with Crippen molar-refractivity contribution in [2.24, 2.45) is 0 Å². The zero-order valence-corrected chi connectivity index (χ0v) is 11.1. The third-order valence-corrected chi connectivity index (χ3v) is 2.92. The predicted molar refractivity (Wildman–Crippen MR) is 79.7 cm³/mol. The van der Waals surface area contributed by atoms with Crippen LogP contribution in [0.25, 0.3) is 11.3 Å². The summed E-state index contributed by atoms with van der Waals surface area (Å²) in [5, 5.41) is 12.5. The first-order valence-electron chi connectivity index (χ1n) is 6.37. The molecule has 0 aliphatic carbocycles. The third kappa shape index (κ3) is 2.69. The zero-order chi connectivity index (χ0) is 14.5. The van der Waals surface area contributed by atoms with Crippen molar-refractivity contribution in [2.45, 2.75) is 0 Å². The number of pyridine rings is 1. The highest BCUT2D eigenvalue weighted by atomic mass is 15.1. The van der Waals surface area contributed by atoms with Crippen LogP contribution in [-0.4, -0.2) is 15.0 Å². The molecule has 0 saturated carbocycles.